The maximum Gasteiger partial charge on any atom is 0.326 e. The molecule has 3 heterocycles. The Balaban J connectivity index is 1.49. The minimum absolute atomic E-state index is 0.0320. The molecule has 2 unspecified atom stereocenters. The van der Waals surface area contributed by atoms with E-state index in [9.17, 15) is 38.7 Å². The van der Waals surface area contributed by atoms with Gasteiger partial charge in [0, 0.05) is 30.3 Å². The molecule has 2 aliphatic rings. The summed E-state index contributed by atoms with van der Waals surface area (Å²) in [4.78, 5) is 103. The zero-order valence-electron chi connectivity index (χ0n) is 30.4. The molecule has 280 valence electrons. The molecule has 5 amide bonds. The number of hydrogen-bond donors (Lipinski definition) is 5. The van der Waals surface area contributed by atoms with Gasteiger partial charge in [0.25, 0.3) is 11.8 Å². The summed E-state index contributed by atoms with van der Waals surface area (Å²) in [5.74, 6) is -6.30. The molecule has 0 saturated carbocycles. The third kappa shape index (κ3) is 8.62. The van der Waals surface area contributed by atoms with Gasteiger partial charge in [-0.3, -0.25) is 33.8 Å². The summed E-state index contributed by atoms with van der Waals surface area (Å²) in [5, 5.41) is 20.3. The Morgan fingerprint density at radius 3 is 2.25 bits per heavy atom. The maximum absolute atomic E-state index is 14.2. The highest BCUT2D eigenvalue weighted by molar-refractivity contribution is 6.38. The van der Waals surface area contributed by atoms with Crippen LogP contribution in [0.4, 0.5) is 0 Å². The van der Waals surface area contributed by atoms with Gasteiger partial charge in [0.05, 0.1) is 12.2 Å². The first-order valence-electron chi connectivity index (χ1n) is 17.7. The van der Waals surface area contributed by atoms with Crippen LogP contribution in [0.5, 0.6) is 0 Å². The van der Waals surface area contributed by atoms with Crippen molar-refractivity contribution in [3.8, 4) is 0 Å². The number of carboxylic acids is 1. The molecule has 5 N–H and O–H groups in total. The molecule has 1 aromatic heterocycles. The summed E-state index contributed by atoms with van der Waals surface area (Å²) in [7, 11) is 0. The highest BCUT2D eigenvalue weighted by Gasteiger charge is 2.62. The van der Waals surface area contributed by atoms with Gasteiger partial charge in [-0.2, -0.15) is 0 Å². The molecule has 2 aromatic rings. The molecule has 2 saturated heterocycles. The van der Waals surface area contributed by atoms with E-state index in [4.69, 9.17) is 0 Å². The van der Waals surface area contributed by atoms with Gasteiger partial charge in [-0.1, -0.05) is 84.7 Å². The molecular weight excluding hydrogens is 670 g/mol. The highest BCUT2D eigenvalue weighted by atomic mass is 16.4. The molecule has 0 bridgehead atoms. The van der Waals surface area contributed by atoms with E-state index < -0.39 is 83.0 Å². The number of fused-ring (bicyclic) bond motifs is 1. The quantitative estimate of drug-likeness (QED) is 0.157. The van der Waals surface area contributed by atoms with Crippen molar-refractivity contribution in [1.29, 1.82) is 0 Å². The Labute approximate surface area is 303 Å². The van der Waals surface area contributed by atoms with Gasteiger partial charge in [-0.25, -0.2) is 9.78 Å². The third-order valence-electron chi connectivity index (χ3n) is 10.1. The molecule has 1 aromatic carbocycles. The van der Waals surface area contributed by atoms with Gasteiger partial charge in [0.1, 0.15) is 29.9 Å². The van der Waals surface area contributed by atoms with Crippen molar-refractivity contribution in [3.63, 3.8) is 0 Å². The van der Waals surface area contributed by atoms with E-state index in [2.05, 4.69) is 31.2 Å². The molecule has 0 aliphatic carbocycles. The Hall–Kier alpha value is -5.21. The number of ketones is 1. The van der Waals surface area contributed by atoms with Crippen LogP contribution in [0.1, 0.15) is 83.3 Å². The van der Waals surface area contributed by atoms with Gasteiger partial charge < -0.3 is 31.3 Å². The Kier molecular flexibility index (Phi) is 12.8. The van der Waals surface area contributed by atoms with E-state index in [0.29, 0.717) is 24.8 Å². The van der Waals surface area contributed by atoms with Gasteiger partial charge >= 0.3 is 5.97 Å². The number of aliphatic carboxylic acids is 1. The minimum Gasteiger partial charge on any atom is -0.480 e. The van der Waals surface area contributed by atoms with Crippen molar-refractivity contribution in [2.24, 2.45) is 17.3 Å². The first kappa shape index (κ1) is 39.6. The number of carboxylic acid groups (broad SMARTS) is 1. The predicted octanol–water partition coefficient (Wildman–Crippen LogP) is 1.42. The standard InChI is InChI=1S/C37H49N7O8/c1-7-12-23(29(45)34(49)41-24(36(51)52)17-21-13-10-9-11-14-21)40-33(48)28-22(8-2)18-26-37(5,6)30(35(50)44(26)28)43-32(47)27(20(3)4)42-31(46)25-19-38-15-16-39-25/h9-11,13-16,19-20,22-24,26-28,30H,7-8,12,17-18H2,1-6H3,(H,40,48)(H,41,49)(H,42,46)(H,43,47)(H,51,52)/t22-,23?,24-,26?,27-,28-,30+/m0/s1. The lowest BCUT2D eigenvalue weighted by molar-refractivity contribution is -0.145. The van der Waals surface area contributed by atoms with Gasteiger partial charge in [-0.15, -0.1) is 0 Å². The summed E-state index contributed by atoms with van der Waals surface area (Å²) in [6, 6.07) is 2.59. The fourth-order valence-corrected chi connectivity index (χ4v) is 7.19. The Bertz CT molecular complexity index is 1650. The van der Waals surface area contributed by atoms with E-state index in [1.165, 1.54) is 23.5 Å². The number of nitrogens with one attached hydrogen (secondary N) is 4. The third-order valence-corrected chi connectivity index (χ3v) is 10.1. The number of carbonyl (C=O) groups is 7. The summed E-state index contributed by atoms with van der Waals surface area (Å²) < 4.78 is 0. The van der Waals surface area contributed by atoms with Gasteiger partial charge in [0.2, 0.25) is 23.5 Å². The molecular formula is C37H49N7O8. The zero-order chi connectivity index (χ0) is 38.3. The average molecular weight is 720 g/mol. The fourth-order valence-electron chi connectivity index (χ4n) is 7.19. The molecule has 15 nitrogen and oxygen atoms in total. The molecule has 4 rings (SSSR count). The van der Waals surface area contributed by atoms with Crippen molar-refractivity contribution in [3.05, 3.63) is 60.2 Å². The van der Waals surface area contributed by atoms with Crippen LogP contribution in [0, 0.1) is 17.3 Å². The van der Waals surface area contributed by atoms with Crippen molar-refractivity contribution in [2.45, 2.75) is 110 Å². The van der Waals surface area contributed by atoms with Crippen LogP contribution in [0.15, 0.2) is 48.9 Å². The highest BCUT2D eigenvalue weighted by Crippen LogP contribution is 2.48. The topological polar surface area (TPSA) is 217 Å². The van der Waals surface area contributed by atoms with Crippen LogP contribution in [-0.2, 0) is 35.2 Å². The Morgan fingerprint density at radius 1 is 0.981 bits per heavy atom. The summed E-state index contributed by atoms with van der Waals surface area (Å²) in [5.41, 5.74) is -0.138. The zero-order valence-corrected chi connectivity index (χ0v) is 30.4. The van der Waals surface area contributed by atoms with Crippen LogP contribution < -0.4 is 21.3 Å². The van der Waals surface area contributed by atoms with Crippen LogP contribution in [-0.4, -0.2) is 97.5 Å². The van der Waals surface area contributed by atoms with Crippen molar-refractivity contribution in [1.82, 2.24) is 36.1 Å². The number of benzene rings is 1. The molecule has 0 spiro atoms. The van der Waals surface area contributed by atoms with Crippen LogP contribution >= 0.6 is 0 Å². The number of aromatic nitrogens is 2. The summed E-state index contributed by atoms with van der Waals surface area (Å²) >= 11 is 0. The molecule has 2 fully saturated rings. The number of amides is 5. The first-order chi connectivity index (χ1) is 24.6. The average Bonchev–Trinajstić information content (AvgIpc) is 3.60. The second-order valence-electron chi connectivity index (χ2n) is 14.4. The number of hydrogen-bond acceptors (Lipinski definition) is 9. The lowest BCUT2D eigenvalue weighted by atomic mass is 9.77. The van der Waals surface area contributed by atoms with Crippen LogP contribution in [0.25, 0.3) is 0 Å². The molecule has 0 radical (unpaired) electrons. The number of nitrogens with zero attached hydrogens (tertiary/aromatic N) is 3. The van der Waals surface area contributed by atoms with Gasteiger partial charge in [0.15, 0.2) is 0 Å². The largest absolute Gasteiger partial charge is 0.480 e. The number of carbonyl (C=O) groups excluding carboxylic acids is 6. The van der Waals surface area contributed by atoms with Crippen molar-refractivity contribution in [2.75, 3.05) is 0 Å². The smallest absolute Gasteiger partial charge is 0.326 e. The van der Waals surface area contributed by atoms with Gasteiger partial charge in [-0.05, 0) is 30.2 Å². The first-order valence-corrected chi connectivity index (χ1v) is 17.7. The normalized spacial score (nSPS) is 22.1. The van der Waals surface area contributed by atoms with E-state index in [0.717, 1.165) is 0 Å². The summed E-state index contributed by atoms with van der Waals surface area (Å²) in [6.07, 6.45) is 5.56. The molecule has 2 aliphatic heterocycles. The lowest BCUT2D eigenvalue weighted by Crippen LogP contribution is -2.58. The Morgan fingerprint density at radius 2 is 1.67 bits per heavy atom. The maximum atomic E-state index is 14.2. The van der Waals surface area contributed by atoms with E-state index in [1.54, 1.807) is 51.1 Å². The van der Waals surface area contributed by atoms with E-state index in [1.807, 2.05) is 20.8 Å². The molecule has 15 heteroatoms. The molecule has 52 heavy (non-hydrogen) atoms. The van der Waals surface area contributed by atoms with Crippen LogP contribution in [0.2, 0.25) is 0 Å². The van der Waals surface area contributed by atoms with Crippen LogP contribution in [0.3, 0.4) is 0 Å². The van der Waals surface area contributed by atoms with Crippen molar-refractivity contribution >= 4 is 41.3 Å². The fraction of sp³-hybridized carbons (Fsp3) is 0.541. The molecule has 7 atom stereocenters. The number of Topliss-reactive ketones (excluding diaryl/α,β-unsaturated/α-hetero) is 1. The second-order valence-corrected chi connectivity index (χ2v) is 14.4. The predicted molar refractivity (Wildman–Crippen MR) is 188 cm³/mol. The lowest BCUT2D eigenvalue weighted by Gasteiger charge is -2.32. The second kappa shape index (κ2) is 16.9. The van der Waals surface area contributed by atoms with E-state index >= 15 is 0 Å². The van der Waals surface area contributed by atoms with Crippen molar-refractivity contribution < 1.29 is 38.7 Å². The number of rotatable bonds is 16. The minimum atomic E-state index is -1.37. The monoisotopic (exact) mass is 719 g/mol. The summed E-state index contributed by atoms with van der Waals surface area (Å²) in [6.45, 7) is 10.9. The SMILES string of the molecule is CCCC(NC(=O)[C@@H]1[C@@H](CC)CC2N1C(=O)[C@@H](NC(=O)[C@@H](NC(=O)c1cnccn1)C(C)C)C2(C)C)C(=O)C(=O)N[C@@H](Cc1ccccc1)C(=O)O. The van der Waals surface area contributed by atoms with E-state index in [-0.39, 0.29) is 30.4 Å².